The molecule has 4 rings (SSSR count). The molecular weight excluding hydrogens is 608 g/mol. The van der Waals surface area contributed by atoms with Gasteiger partial charge in [0, 0.05) is 51.0 Å². The predicted molar refractivity (Wildman–Crippen MR) is 179 cm³/mol. The summed E-state index contributed by atoms with van der Waals surface area (Å²) in [6.07, 6.45) is 1.15. The Bertz CT molecular complexity index is 2010. The lowest BCUT2D eigenvalue weighted by Crippen LogP contribution is -2.05. The van der Waals surface area contributed by atoms with Crippen LogP contribution in [0.1, 0.15) is 72.9 Å². The van der Waals surface area contributed by atoms with Crippen molar-refractivity contribution in [2.75, 3.05) is 20.8 Å². The Labute approximate surface area is 270 Å². The van der Waals surface area contributed by atoms with E-state index in [1.807, 2.05) is 13.8 Å². The third-order valence-electron chi connectivity index (χ3n) is 8.13. The molecule has 4 aromatic carbocycles. The summed E-state index contributed by atoms with van der Waals surface area (Å²) in [5.74, 6) is -4.06. The number of aryl methyl sites for hydroxylation is 2. The van der Waals surface area contributed by atoms with E-state index in [0.717, 1.165) is 19.5 Å². The molecule has 0 atom stereocenters. The van der Waals surface area contributed by atoms with Crippen LogP contribution in [0, 0.1) is 13.8 Å². The van der Waals surface area contributed by atoms with Crippen molar-refractivity contribution in [1.29, 1.82) is 0 Å². The van der Waals surface area contributed by atoms with Crippen LogP contribution in [0.2, 0.25) is 0 Å². The van der Waals surface area contributed by atoms with Gasteiger partial charge in [0.15, 0.2) is 23.0 Å². The number of hydrogen-bond donors (Lipinski definition) is 6. The van der Waals surface area contributed by atoms with Gasteiger partial charge in [-0.25, -0.2) is 4.79 Å². The molecular formula is C35H38N2O10. The van der Waals surface area contributed by atoms with Crippen molar-refractivity contribution in [2.24, 2.45) is 9.98 Å². The Kier molecular flexibility index (Phi) is 9.55. The SMILES string of the molecule is COC(=O)CN=Cc1c(O)c(O)c(C(C)C)c2cc(C)c(-c3c(C)cc4c(C(C)C)c(O)c(O)c(/C=N/C(=O)OC)c4c3O)c(O)c12. The molecule has 0 saturated heterocycles. The highest BCUT2D eigenvalue weighted by atomic mass is 16.5. The molecule has 1 amide bonds. The smallest absolute Gasteiger partial charge is 0.433 e. The Balaban J connectivity index is 2.23. The summed E-state index contributed by atoms with van der Waals surface area (Å²) >= 11 is 0. The molecule has 12 nitrogen and oxygen atoms in total. The molecule has 0 bridgehead atoms. The quantitative estimate of drug-likeness (QED) is 0.0728. The fourth-order valence-electron chi connectivity index (χ4n) is 6.07. The molecule has 0 aliphatic heterocycles. The number of fused-ring (bicyclic) bond motifs is 2. The van der Waals surface area contributed by atoms with Gasteiger partial charge in [-0.05, 0) is 47.6 Å². The Hall–Kier alpha value is -5.52. The van der Waals surface area contributed by atoms with E-state index >= 15 is 0 Å². The second kappa shape index (κ2) is 13.1. The monoisotopic (exact) mass is 646 g/mol. The van der Waals surface area contributed by atoms with Crippen LogP contribution >= 0.6 is 0 Å². The highest BCUT2D eigenvalue weighted by molar-refractivity contribution is 6.15. The number of benzene rings is 4. The van der Waals surface area contributed by atoms with Crippen molar-refractivity contribution in [3.63, 3.8) is 0 Å². The molecule has 248 valence electrons. The number of carbonyl (C=O) groups excluding carboxylic acids is 2. The van der Waals surface area contributed by atoms with Crippen molar-refractivity contribution in [1.82, 2.24) is 0 Å². The summed E-state index contributed by atoms with van der Waals surface area (Å²) in [5.41, 5.74) is 1.72. The third-order valence-corrected chi connectivity index (χ3v) is 8.13. The number of phenolic OH excluding ortho intramolecular Hbond substituents is 6. The van der Waals surface area contributed by atoms with Crippen molar-refractivity contribution < 1.29 is 49.7 Å². The second-order valence-corrected chi connectivity index (χ2v) is 11.8. The van der Waals surface area contributed by atoms with Crippen LogP contribution in [0.5, 0.6) is 34.5 Å². The van der Waals surface area contributed by atoms with Gasteiger partial charge in [-0.3, -0.25) is 9.79 Å². The lowest BCUT2D eigenvalue weighted by Gasteiger charge is -2.23. The predicted octanol–water partition coefficient (Wildman–Crippen LogP) is 6.53. The normalized spacial score (nSPS) is 12.0. The van der Waals surface area contributed by atoms with Crippen LogP contribution in [0.3, 0.4) is 0 Å². The summed E-state index contributed by atoms with van der Waals surface area (Å²) in [6.45, 7) is 10.2. The van der Waals surface area contributed by atoms with E-state index in [1.165, 1.54) is 7.11 Å². The first-order valence-corrected chi connectivity index (χ1v) is 14.8. The van der Waals surface area contributed by atoms with E-state index in [4.69, 9.17) is 0 Å². The van der Waals surface area contributed by atoms with Gasteiger partial charge in [0.2, 0.25) is 0 Å². The van der Waals surface area contributed by atoms with E-state index < -0.39 is 47.4 Å². The molecule has 0 fully saturated rings. The molecule has 0 aliphatic rings. The zero-order chi connectivity index (χ0) is 35.1. The van der Waals surface area contributed by atoms with Gasteiger partial charge in [-0.1, -0.05) is 39.8 Å². The Morgan fingerprint density at radius 3 is 1.49 bits per heavy atom. The highest BCUT2D eigenvalue weighted by Crippen LogP contribution is 2.54. The van der Waals surface area contributed by atoms with Crippen molar-refractivity contribution in [3.05, 3.63) is 45.5 Å². The number of methoxy groups -OCH3 is 2. The van der Waals surface area contributed by atoms with Crippen LogP contribution in [-0.2, 0) is 14.3 Å². The summed E-state index contributed by atoms with van der Waals surface area (Å²) in [5, 5.41) is 69.2. The summed E-state index contributed by atoms with van der Waals surface area (Å²) in [4.78, 5) is 31.3. The summed E-state index contributed by atoms with van der Waals surface area (Å²) in [7, 11) is 2.32. The highest BCUT2D eigenvalue weighted by Gasteiger charge is 2.29. The molecule has 0 unspecified atom stereocenters. The lowest BCUT2D eigenvalue weighted by molar-refractivity contribution is -0.138. The largest absolute Gasteiger partial charge is 0.507 e. The maximum absolute atomic E-state index is 12.0. The molecule has 47 heavy (non-hydrogen) atoms. The molecule has 0 heterocycles. The first-order chi connectivity index (χ1) is 22.1. The first kappa shape index (κ1) is 34.4. The van der Waals surface area contributed by atoms with Crippen LogP contribution in [0.25, 0.3) is 32.7 Å². The van der Waals surface area contributed by atoms with Gasteiger partial charge in [0.1, 0.15) is 18.0 Å². The molecule has 0 aromatic heterocycles. The van der Waals surface area contributed by atoms with Crippen LogP contribution in [0.4, 0.5) is 4.79 Å². The summed E-state index contributed by atoms with van der Waals surface area (Å²) < 4.78 is 9.22. The molecule has 6 N–H and O–H groups in total. The number of amides is 1. The minimum Gasteiger partial charge on any atom is -0.507 e. The summed E-state index contributed by atoms with van der Waals surface area (Å²) in [6, 6.07) is 3.39. The van der Waals surface area contributed by atoms with Crippen molar-refractivity contribution in [3.8, 4) is 45.6 Å². The second-order valence-electron chi connectivity index (χ2n) is 11.8. The standard InChI is InChI=1S/C35H38N2O10/c1-14(2)23-18-9-16(5)25(31(41)27(18)20(29(39)33(23)43)11-36-13-22(38)46-7)26-17(6)10-19-24(15(3)4)34(44)30(40)21(28(19)32(26)42)12-37-35(45)47-8/h9-12,14-15,39-44H,13H2,1-8H3/b36-11?,37-12+. The average Bonchev–Trinajstić information content (AvgIpc) is 3.00. The third kappa shape index (κ3) is 5.82. The number of phenols is 6. The fourth-order valence-corrected chi connectivity index (χ4v) is 6.07. The molecule has 0 radical (unpaired) electrons. The number of rotatable bonds is 7. The minimum atomic E-state index is -0.981. The van der Waals surface area contributed by atoms with E-state index in [9.17, 15) is 40.2 Å². The topological polar surface area (TPSA) is 199 Å². The molecule has 0 spiro atoms. The van der Waals surface area contributed by atoms with Crippen LogP contribution in [0.15, 0.2) is 22.1 Å². The number of ether oxygens (including phenoxy) is 2. The van der Waals surface area contributed by atoms with Crippen molar-refractivity contribution >= 4 is 46.0 Å². The molecule has 12 heteroatoms. The van der Waals surface area contributed by atoms with Gasteiger partial charge < -0.3 is 40.1 Å². The van der Waals surface area contributed by atoms with E-state index in [2.05, 4.69) is 19.5 Å². The minimum absolute atomic E-state index is 0.0486. The lowest BCUT2D eigenvalue weighted by atomic mass is 9.83. The van der Waals surface area contributed by atoms with Gasteiger partial charge in [0.05, 0.1) is 19.8 Å². The van der Waals surface area contributed by atoms with Gasteiger partial charge in [0.25, 0.3) is 0 Å². The first-order valence-electron chi connectivity index (χ1n) is 14.8. The number of hydrogen-bond acceptors (Lipinski definition) is 11. The molecule has 4 aromatic rings. The maximum atomic E-state index is 12.0. The van der Waals surface area contributed by atoms with Gasteiger partial charge in [-0.15, -0.1) is 0 Å². The maximum Gasteiger partial charge on any atom is 0.433 e. The van der Waals surface area contributed by atoms with Gasteiger partial charge in [-0.2, -0.15) is 4.99 Å². The average molecular weight is 647 g/mol. The van der Waals surface area contributed by atoms with Crippen LogP contribution < -0.4 is 0 Å². The molecule has 0 aliphatic carbocycles. The number of carbonyl (C=O) groups is 2. The van der Waals surface area contributed by atoms with E-state index in [1.54, 1.807) is 39.8 Å². The number of aromatic hydroxyl groups is 6. The van der Waals surface area contributed by atoms with E-state index in [0.29, 0.717) is 33.0 Å². The number of nitrogens with zero attached hydrogens (tertiary/aromatic N) is 2. The zero-order valence-electron chi connectivity index (χ0n) is 27.4. The van der Waals surface area contributed by atoms with E-state index in [-0.39, 0.29) is 50.6 Å². The Morgan fingerprint density at radius 2 is 1.11 bits per heavy atom. The number of esters is 1. The van der Waals surface area contributed by atoms with Crippen LogP contribution in [-0.4, -0.2) is 75.9 Å². The van der Waals surface area contributed by atoms with Gasteiger partial charge >= 0.3 is 12.1 Å². The molecule has 0 saturated carbocycles. The Morgan fingerprint density at radius 1 is 0.681 bits per heavy atom. The zero-order valence-corrected chi connectivity index (χ0v) is 27.4. The number of aliphatic imine (C=N–C) groups is 2. The van der Waals surface area contributed by atoms with Crippen molar-refractivity contribution in [2.45, 2.75) is 53.4 Å². The fraction of sp³-hybridized carbons (Fsp3) is 0.314.